The van der Waals surface area contributed by atoms with Gasteiger partial charge in [0.2, 0.25) is 0 Å². The summed E-state index contributed by atoms with van der Waals surface area (Å²) in [5, 5.41) is 11.2. The van der Waals surface area contributed by atoms with Crippen molar-refractivity contribution in [3.63, 3.8) is 0 Å². The standard InChI is InChI=1S/C13H11ClN2O3/c1-8-2-3-9(14)6-13(8)19-12-5-4-10(16(17)18)7-11(12)15/h2-7H,15H2,1H3. The molecule has 98 valence electrons. The van der Waals surface area contributed by atoms with Gasteiger partial charge in [0.25, 0.3) is 5.69 Å². The molecule has 2 aromatic rings. The van der Waals surface area contributed by atoms with Crippen LogP contribution in [0.3, 0.4) is 0 Å². The first-order valence-electron chi connectivity index (χ1n) is 5.45. The molecule has 2 aromatic carbocycles. The topological polar surface area (TPSA) is 78.4 Å². The zero-order valence-corrected chi connectivity index (χ0v) is 10.8. The molecule has 0 amide bonds. The highest BCUT2D eigenvalue weighted by molar-refractivity contribution is 6.30. The molecule has 0 unspecified atom stereocenters. The molecule has 0 bridgehead atoms. The summed E-state index contributed by atoms with van der Waals surface area (Å²) < 4.78 is 5.62. The molecule has 0 aliphatic rings. The Kier molecular flexibility index (Phi) is 3.57. The predicted molar refractivity (Wildman–Crippen MR) is 73.8 cm³/mol. The summed E-state index contributed by atoms with van der Waals surface area (Å²) in [6.45, 7) is 1.87. The van der Waals surface area contributed by atoms with Crippen LogP contribution in [0.5, 0.6) is 11.5 Å². The number of nitro benzene ring substituents is 1. The molecule has 0 saturated carbocycles. The van der Waals surface area contributed by atoms with Gasteiger partial charge < -0.3 is 10.5 Å². The lowest BCUT2D eigenvalue weighted by molar-refractivity contribution is -0.384. The van der Waals surface area contributed by atoms with Gasteiger partial charge in [-0.15, -0.1) is 0 Å². The number of aryl methyl sites for hydroxylation is 1. The van der Waals surface area contributed by atoms with E-state index in [0.717, 1.165) is 5.56 Å². The first kappa shape index (κ1) is 13.2. The molecule has 0 aromatic heterocycles. The van der Waals surface area contributed by atoms with Crippen molar-refractivity contribution in [1.82, 2.24) is 0 Å². The highest BCUT2D eigenvalue weighted by Gasteiger charge is 2.11. The van der Waals surface area contributed by atoms with E-state index in [4.69, 9.17) is 22.1 Å². The average Bonchev–Trinajstić information content (AvgIpc) is 2.36. The Balaban J connectivity index is 2.33. The predicted octanol–water partition coefficient (Wildman–Crippen LogP) is 3.93. The quantitative estimate of drug-likeness (QED) is 0.524. The number of nitro groups is 1. The Labute approximate surface area is 114 Å². The lowest BCUT2D eigenvalue weighted by Gasteiger charge is -2.10. The normalized spacial score (nSPS) is 10.2. The third-order valence-electron chi connectivity index (χ3n) is 2.57. The molecular formula is C13H11ClN2O3. The van der Waals surface area contributed by atoms with E-state index in [2.05, 4.69) is 0 Å². The third kappa shape index (κ3) is 2.95. The van der Waals surface area contributed by atoms with Crippen LogP contribution >= 0.6 is 11.6 Å². The van der Waals surface area contributed by atoms with Gasteiger partial charge in [0.05, 0.1) is 10.6 Å². The van der Waals surface area contributed by atoms with Gasteiger partial charge in [0.1, 0.15) is 5.75 Å². The second-order valence-electron chi connectivity index (χ2n) is 3.99. The smallest absolute Gasteiger partial charge is 0.271 e. The lowest BCUT2D eigenvalue weighted by Crippen LogP contribution is -1.95. The summed E-state index contributed by atoms with van der Waals surface area (Å²) in [5.41, 5.74) is 6.75. The van der Waals surface area contributed by atoms with E-state index in [1.807, 2.05) is 13.0 Å². The Morgan fingerprint density at radius 2 is 1.95 bits per heavy atom. The van der Waals surface area contributed by atoms with Gasteiger partial charge in [-0.3, -0.25) is 10.1 Å². The zero-order chi connectivity index (χ0) is 14.0. The number of rotatable bonds is 3. The highest BCUT2D eigenvalue weighted by atomic mass is 35.5. The van der Waals surface area contributed by atoms with Crippen molar-refractivity contribution in [3.05, 3.63) is 57.1 Å². The number of hydrogen-bond acceptors (Lipinski definition) is 4. The number of halogens is 1. The fourth-order valence-electron chi connectivity index (χ4n) is 1.54. The fourth-order valence-corrected chi connectivity index (χ4v) is 1.71. The third-order valence-corrected chi connectivity index (χ3v) is 2.81. The van der Waals surface area contributed by atoms with E-state index >= 15 is 0 Å². The monoisotopic (exact) mass is 278 g/mol. The summed E-state index contributed by atoms with van der Waals surface area (Å²) in [6.07, 6.45) is 0. The summed E-state index contributed by atoms with van der Waals surface area (Å²) in [6, 6.07) is 9.30. The number of benzene rings is 2. The van der Waals surface area contributed by atoms with Crippen LogP contribution in [-0.2, 0) is 0 Å². The number of nitrogens with two attached hydrogens (primary N) is 1. The van der Waals surface area contributed by atoms with Crippen molar-refractivity contribution in [2.24, 2.45) is 0 Å². The highest BCUT2D eigenvalue weighted by Crippen LogP contribution is 2.33. The van der Waals surface area contributed by atoms with E-state index in [0.29, 0.717) is 16.5 Å². The Morgan fingerprint density at radius 1 is 1.21 bits per heavy atom. The molecular weight excluding hydrogens is 268 g/mol. The van der Waals surface area contributed by atoms with Crippen LogP contribution in [0.1, 0.15) is 5.56 Å². The van der Waals surface area contributed by atoms with Crippen molar-refractivity contribution in [2.45, 2.75) is 6.92 Å². The first-order chi connectivity index (χ1) is 8.97. The molecule has 0 fully saturated rings. The van der Waals surface area contributed by atoms with Crippen molar-refractivity contribution >= 4 is 23.0 Å². The summed E-state index contributed by atoms with van der Waals surface area (Å²) in [5.74, 6) is 0.920. The molecule has 0 radical (unpaired) electrons. The maximum atomic E-state index is 10.6. The van der Waals surface area contributed by atoms with Crippen LogP contribution in [0.25, 0.3) is 0 Å². The fraction of sp³-hybridized carbons (Fsp3) is 0.0769. The number of nitrogens with zero attached hydrogens (tertiary/aromatic N) is 1. The van der Waals surface area contributed by atoms with Gasteiger partial charge in [-0.1, -0.05) is 17.7 Å². The zero-order valence-electron chi connectivity index (χ0n) is 10.1. The van der Waals surface area contributed by atoms with Crippen LogP contribution in [0.15, 0.2) is 36.4 Å². The minimum Gasteiger partial charge on any atom is -0.455 e. The number of anilines is 1. The van der Waals surface area contributed by atoms with Gasteiger partial charge in [-0.05, 0) is 30.7 Å². The molecule has 2 rings (SSSR count). The van der Waals surface area contributed by atoms with Crippen molar-refractivity contribution in [2.75, 3.05) is 5.73 Å². The summed E-state index contributed by atoms with van der Waals surface area (Å²) >= 11 is 5.89. The first-order valence-corrected chi connectivity index (χ1v) is 5.83. The SMILES string of the molecule is Cc1ccc(Cl)cc1Oc1ccc([N+](=O)[O-])cc1N. The maximum absolute atomic E-state index is 10.6. The average molecular weight is 279 g/mol. The molecule has 0 heterocycles. The van der Waals surface area contributed by atoms with Crippen molar-refractivity contribution < 1.29 is 9.66 Å². The van der Waals surface area contributed by atoms with E-state index < -0.39 is 4.92 Å². The largest absolute Gasteiger partial charge is 0.455 e. The number of non-ortho nitro benzene ring substituents is 1. The summed E-state index contributed by atoms with van der Waals surface area (Å²) in [4.78, 5) is 10.1. The second-order valence-corrected chi connectivity index (χ2v) is 4.43. The van der Waals surface area contributed by atoms with E-state index in [1.165, 1.54) is 18.2 Å². The molecule has 5 nitrogen and oxygen atoms in total. The van der Waals surface area contributed by atoms with Gasteiger partial charge in [0.15, 0.2) is 5.75 Å². The molecule has 0 spiro atoms. The minimum absolute atomic E-state index is 0.0762. The van der Waals surface area contributed by atoms with Gasteiger partial charge in [-0.25, -0.2) is 0 Å². The number of hydrogen-bond donors (Lipinski definition) is 1. The van der Waals surface area contributed by atoms with Crippen LogP contribution in [0, 0.1) is 17.0 Å². The Hall–Kier alpha value is -2.27. The molecule has 2 N–H and O–H groups in total. The van der Waals surface area contributed by atoms with Gasteiger partial charge in [-0.2, -0.15) is 0 Å². The van der Waals surface area contributed by atoms with Crippen LogP contribution in [0.2, 0.25) is 5.02 Å². The lowest BCUT2D eigenvalue weighted by atomic mass is 10.2. The van der Waals surface area contributed by atoms with Crippen LogP contribution < -0.4 is 10.5 Å². The number of nitrogen functional groups attached to an aromatic ring is 1. The van der Waals surface area contributed by atoms with Gasteiger partial charge in [0, 0.05) is 17.2 Å². The van der Waals surface area contributed by atoms with Gasteiger partial charge >= 0.3 is 0 Å². The van der Waals surface area contributed by atoms with E-state index in [1.54, 1.807) is 12.1 Å². The molecule has 6 heteroatoms. The van der Waals surface area contributed by atoms with Crippen molar-refractivity contribution in [1.29, 1.82) is 0 Å². The molecule has 0 saturated heterocycles. The maximum Gasteiger partial charge on any atom is 0.271 e. The molecule has 0 aliphatic heterocycles. The Morgan fingerprint density at radius 3 is 2.58 bits per heavy atom. The summed E-state index contributed by atoms with van der Waals surface area (Å²) in [7, 11) is 0. The van der Waals surface area contributed by atoms with Crippen LogP contribution in [0.4, 0.5) is 11.4 Å². The molecule has 0 atom stereocenters. The Bertz CT molecular complexity index is 644. The molecule has 19 heavy (non-hydrogen) atoms. The second kappa shape index (κ2) is 5.16. The van der Waals surface area contributed by atoms with E-state index in [9.17, 15) is 10.1 Å². The van der Waals surface area contributed by atoms with E-state index in [-0.39, 0.29) is 11.4 Å². The van der Waals surface area contributed by atoms with Crippen LogP contribution in [-0.4, -0.2) is 4.92 Å². The minimum atomic E-state index is -0.509. The number of ether oxygens (including phenoxy) is 1. The van der Waals surface area contributed by atoms with Crippen molar-refractivity contribution in [3.8, 4) is 11.5 Å². The molecule has 0 aliphatic carbocycles.